The van der Waals surface area contributed by atoms with Gasteiger partial charge in [-0.2, -0.15) is 0 Å². The zero-order valence-electron chi connectivity index (χ0n) is 30.8. The van der Waals surface area contributed by atoms with E-state index in [1.807, 2.05) is 27.7 Å². The number of hydrogen-bond acceptors (Lipinski definition) is 9. The largest absolute Gasteiger partial charge is 0.488 e. The summed E-state index contributed by atoms with van der Waals surface area (Å²) < 4.78 is 40.1. The number of amides is 4. The number of rotatable bonds is 13. The predicted molar refractivity (Wildman–Crippen MR) is 200 cm³/mol. The second kappa shape index (κ2) is 14.7. The third kappa shape index (κ3) is 7.99. The molecular formula is C38H50ClN5O8S. The van der Waals surface area contributed by atoms with Crippen LogP contribution in [0.5, 0.6) is 5.75 Å². The summed E-state index contributed by atoms with van der Waals surface area (Å²) in [4.78, 5) is 61.5. The van der Waals surface area contributed by atoms with Crippen LogP contribution in [-0.2, 0) is 29.1 Å². The van der Waals surface area contributed by atoms with E-state index in [-0.39, 0.29) is 25.5 Å². The molecule has 4 fully saturated rings. The molecule has 0 radical (unpaired) electrons. The van der Waals surface area contributed by atoms with Gasteiger partial charge < -0.3 is 25.0 Å². The fourth-order valence-electron chi connectivity index (χ4n) is 7.78. The molecule has 2 heterocycles. The molecule has 0 bridgehead atoms. The molecule has 3 aliphatic carbocycles. The first-order valence-electron chi connectivity index (χ1n) is 18.5. The van der Waals surface area contributed by atoms with Gasteiger partial charge in [0.15, 0.2) is 0 Å². The summed E-state index contributed by atoms with van der Waals surface area (Å²) in [6.07, 6.45) is 7.13. The topological polar surface area (TPSA) is 173 Å². The zero-order valence-corrected chi connectivity index (χ0v) is 32.4. The van der Waals surface area contributed by atoms with Crippen molar-refractivity contribution in [3.8, 4) is 5.75 Å². The number of carbonyl (C=O) groups excluding carboxylic acids is 4. The molecule has 3 N–H and O–H groups in total. The van der Waals surface area contributed by atoms with Crippen molar-refractivity contribution in [3.63, 3.8) is 0 Å². The predicted octanol–water partition coefficient (Wildman–Crippen LogP) is 5.16. The van der Waals surface area contributed by atoms with Crippen molar-refractivity contribution in [2.75, 3.05) is 6.54 Å². The summed E-state index contributed by atoms with van der Waals surface area (Å²) in [6, 6.07) is 4.69. The fraction of sp³-hybridized carbons (Fsp3) is 0.605. The van der Waals surface area contributed by atoms with E-state index in [1.165, 1.54) is 11.0 Å². The van der Waals surface area contributed by atoms with Gasteiger partial charge in [0.05, 0.1) is 16.8 Å². The second-order valence-electron chi connectivity index (χ2n) is 16.1. The molecule has 0 unspecified atom stereocenters. The number of carbonyl (C=O) groups is 4. The minimum absolute atomic E-state index is 0.0156. The summed E-state index contributed by atoms with van der Waals surface area (Å²) in [5.74, 6) is -2.04. The number of benzene rings is 1. The van der Waals surface area contributed by atoms with Gasteiger partial charge in [-0.1, -0.05) is 51.8 Å². The van der Waals surface area contributed by atoms with Gasteiger partial charge in [-0.25, -0.2) is 13.2 Å². The number of hydrogen-bond donors (Lipinski definition) is 3. The second-order valence-corrected chi connectivity index (χ2v) is 18.6. The number of pyridine rings is 1. The highest BCUT2D eigenvalue weighted by molar-refractivity contribution is 7.91. The van der Waals surface area contributed by atoms with Crippen molar-refractivity contribution in [3.05, 3.63) is 48.1 Å². The first-order chi connectivity index (χ1) is 25.0. The molecular weight excluding hydrogens is 722 g/mol. The average Bonchev–Trinajstić information content (AvgIpc) is 3.91. The van der Waals surface area contributed by atoms with Gasteiger partial charge in [-0.05, 0) is 81.0 Å². The van der Waals surface area contributed by atoms with Crippen molar-refractivity contribution in [1.29, 1.82) is 0 Å². The highest BCUT2D eigenvalue weighted by atomic mass is 35.5. The normalized spacial score (nSPS) is 25.7. The summed E-state index contributed by atoms with van der Waals surface area (Å²) in [5, 5.41) is 6.80. The molecule has 1 aromatic heterocycles. The third-order valence-corrected chi connectivity index (χ3v) is 13.6. The lowest BCUT2D eigenvalue weighted by Gasteiger charge is -2.35. The van der Waals surface area contributed by atoms with Crippen LogP contribution in [0.1, 0.15) is 91.9 Å². The van der Waals surface area contributed by atoms with E-state index < -0.39 is 73.6 Å². The Balaban J connectivity index is 1.27. The standard InChI is InChI=1S/C38H50ClN5O8S/c1-6-15-37(16-17-37)53(49,50)43-34(47)38(21-23(38)7-2)42-32(45)29-20-26(51-30-14-18-40-28-19-24(39)12-13-27(28)30)22-44(29)33(46)31(36(3,4)5)41-35(48)52-25-10-8-9-11-25/h7,12-14,18-19,23,25-26,29,31H,2,6,8-11,15-17,20-22H2,1,3-5H3,(H,41,48)(H,42,45)(H,43,47)/t23-,26-,29+,31-,38-/m1/s1. The number of nitrogens with zero attached hydrogens (tertiary/aromatic N) is 2. The smallest absolute Gasteiger partial charge is 0.408 e. The number of ether oxygens (including phenoxy) is 2. The van der Waals surface area contributed by atoms with Crippen molar-refractivity contribution < 1.29 is 37.1 Å². The molecule has 1 aliphatic heterocycles. The first-order valence-corrected chi connectivity index (χ1v) is 20.4. The minimum atomic E-state index is -4.01. The van der Waals surface area contributed by atoms with E-state index in [0.29, 0.717) is 47.4 Å². The highest BCUT2D eigenvalue weighted by Crippen LogP contribution is 2.49. The van der Waals surface area contributed by atoms with Crippen LogP contribution < -0.4 is 20.1 Å². The lowest BCUT2D eigenvalue weighted by Crippen LogP contribution is -2.60. The first kappa shape index (κ1) is 38.8. The van der Waals surface area contributed by atoms with Crippen LogP contribution in [-0.4, -0.2) is 83.2 Å². The number of fused-ring (bicyclic) bond motifs is 1. The van der Waals surface area contributed by atoms with E-state index in [1.54, 1.807) is 30.5 Å². The maximum absolute atomic E-state index is 14.6. The number of likely N-dealkylation sites (tertiary alicyclic amines) is 1. The maximum atomic E-state index is 14.6. The SMILES string of the molecule is C=C[C@@H]1C[C@]1(NC(=O)[C@@H]1C[C@@H](Oc2ccnc3cc(Cl)ccc23)CN1C(=O)[C@@H](NC(=O)OC1CCCC1)C(C)(C)C)C(=O)NS(=O)(=O)C1(CCC)CC1. The zero-order chi connectivity index (χ0) is 38.3. The Bertz CT molecular complexity index is 1890. The van der Waals surface area contributed by atoms with Crippen LogP contribution in [0.3, 0.4) is 0 Å². The summed E-state index contributed by atoms with van der Waals surface area (Å²) in [5.41, 5.74) is -1.74. The monoisotopic (exact) mass is 771 g/mol. The van der Waals surface area contributed by atoms with Crippen molar-refractivity contribution in [1.82, 2.24) is 25.2 Å². The molecule has 2 aromatic rings. The summed E-state index contributed by atoms with van der Waals surface area (Å²) in [6.45, 7) is 11.1. The quantitative estimate of drug-likeness (QED) is 0.233. The molecule has 1 saturated heterocycles. The molecule has 288 valence electrons. The lowest BCUT2D eigenvalue weighted by atomic mass is 9.85. The van der Waals surface area contributed by atoms with Crippen molar-refractivity contribution in [2.24, 2.45) is 11.3 Å². The van der Waals surface area contributed by atoms with E-state index in [2.05, 4.69) is 26.9 Å². The van der Waals surface area contributed by atoms with Crippen molar-refractivity contribution in [2.45, 2.75) is 126 Å². The molecule has 4 amide bonds. The Hall–Kier alpha value is -3.91. The van der Waals surface area contributed by atoms with E-state index in [4.69, 9.17) is 21.1 Å². The maximum Gasteiger partial charge on any atom is 0.408 e. The average molecular weight is 772 g/mol. The van der Waals surface area contributed by atoms with Crippen LogP contribution in [0.2, 0.25) is 5.02 Å². The summed E-state index contributed by atoms with van der Waals surface area (Å²) in [7, 11) is -4.01. The third-order valence-electron chi connectivity index (χ3n) is 11.1. The van der Waals surface area contributed by atoms with Gasteiger partial charge in [0.2, 0.25) is 21.8 Å². The molecule has 4 aliphatic rings. The number of nitrogens with one attached hydrogen (secondary N) is 3. The Morgan fingerprint density at radius 1 is 1.13 bits per heavy atom. The van der Waals surface area contributed by atoms with E-state index in [0.717, 1.165) is 25.7 Å². The Kier molecular flexibility index (Phi) is 10.8. The van der Waals surface area contributed by atoms with Crippen LogP contribution in [0.15, 0.2) is 43.1 Å². The summed E-state index contributed by atoms with van der Waals surface area (Å²) >= 11 is 6.20. The molecule has 3 saturated carbocycles. The molecule has 13 nitrogen and oxygen atoms in total. The highest BCUT2D eigenvalue weighted by Gasteiger charge is 2.63. The van der Waals surface area contributed by atoms with Gasteiger partial charge in [-0.3, -0.25) is 24.1 Å². The number of alkyl carbamates (subject to hydrolysis) is 1. The fourth-order valence-corrected chi connectivity index (χ4v) is 9.70. The minimum Gasteiger partial charge on any atom is -0.488 e. The molecule has 0 spiro atoms. The van der Waals surface area contributed by atoms with Gasteiger partial charge in [-0.15, -0.1) is 6.58 Å². The molecule has 1 aromatic carbocycles. The Morgan fingerprint density at radius 3 is 2.47 bits per heavy atom. The van der Waals surface area contributed by atoms with Crippen LogP contribution in [0, 0.1) is 11.3 Å². The van der Waals surface area contributed by atoms with Crippen LogP contribution in [0.4, 0.5) is 4.79 Å². The van der Waals surface area contributed by atoms with E-state index >= 15 is 0 Å². The van der Waals surface area contributed by atoms with Crippen molar-refractivity contribution >= 4 is 56.3 Å². The molecule has 5 atom stereocenters. The van der Waals surface area contributed by atoms with Gasteiger partial charge in [0, 0.05) is 28.9 Å². The van der Waals surface area contributed by atoms with Gasteiger partial charge >= 0.3 is 6.09 Å². The number of halogens is 1. The molecule has 53 heavy (non-hydrogen) atoms. The van der Waals surface area contributed by atoms with Gasteiger partial charge in [0.25, 0.3) is 5.91 Å². The molecule has 15 heteroatoms. The Morgan fingerprint density at radius 2 is 1.85 bits per heavy atom. The Labute approximate surface area is 316 Å². The number of aromatic nitrogens is 1. The van der Waals surface area contributed by atoms with Gasteiger partial charge in [0.1, 0.15) is 35.6 Å². The van der Waals surface area contributed by atoms with Crippen LogP contribution in [0.25, 0.3) is 10.9 Å². The van der Waals surface area contributed by atoms with Crippen LogP contribution >= 0.6 is 11.6 Å². The molecule has 6 rings (SSSR count). The number of sulfonamides is 1. The lowest BCUT2D eigenvalue weighted by molar-refractivity contribution is -0.143. The van der Waals surface area contributed by atoms with E-state index in [9.17, 15) is 27.6 Å².